The Kier molecular flexibility index (Phi) is 3.82. The fraction of sp³-hybridized carbons (Fsp3) is 0.550. The van der Waals surface area contributed by atoms with Crippen molar-refractivity contribution < 1.29 is 18.7 Å². The van der Waals surface area contributed by atoms with Crippen molar-refractivity contribution in [3.05, 3.63) is 42.2 Å². The molecule has 4 aliphatic rings. The summed E-state index contributed by atoms with van der Waals surface area (Å²) in [6.07, 6.45) is 6.88. The number of carbonyl (C=O) groups is 2. The van der Waals surface area contributed by atoms with Crippen molar-refractivity contribution in [2.24, 2.45) is 11.8 Å². The number of piperidine rings is 1. The predicted octanol–water partition coefficient (Wildman–Crippen LogP) is 1.32. The summed E-state index contributed by atoms with van der Waals surface area (Å²) in [5.74, 6) is -1.10. The molecule has 4 aliphatic heterocycles. The number of likely N-dealkylation sites (tertiary alicyclic amines) is 2. The van der Waals surface area contributed by atoms with E-state index in [0.717, 1.165) is 5.56 Å². The smallest absolute Gasteiger partial charge is 0.230 e. The van der Waals surface area contributed by atoms with E-state index in [1.807, 2.05) is 24.3 Å². The van der Waals surface area contributed by atoms with Crippen LogP contribution >= 0.6 is 0 Å². The number of halogens is 1. The number of hydrogen-bond acceptors (Lipinski definition) is 4. The van der Waals surface area contributed by atoms with Crippen LogP contribution in [-0.4, -0.2) is 64.1 Å². The van der Waals surface area contributed by atoms with E-state index in [-0.39, 0.29) is 17.9 Å². The fourth-order valence-electron chi connectivity index (χ4n) is 4.99. The molecule has 0 aromatic carbocycles. The first-order valence-corrected chi connectivity index (χ1v) is 9.55. The second-order valence-corrected chi connectivity index (χ2v) is 7.96. The van der Waals surface area contributed by atoms with Gasteiger partial charge in [0.15, 0.2) is 0 Å². The Labute approximate surface area is 157 Å². The van der Waals surface area contributed by atoms with E-state index in [4.69, 9.17) is 4.74 Å². The summed E-state index contributed by atoms with van der Waals surface area (Å²) in [7, 11) is 0. The summed E-state index contributed by atoms with van der Waals surface area (Å²) < 4.78 is 19.6. The van der Waals surface area contributed by atoms with Gasteiger partial charge in [-0.25, -0.2) is 4.39 Å². The van der Waals surface area contributed by atoms with Gasteiger partial charge < -0.3 is 14.5 Å². The Balaban J connectivity index is 1.38. The molecule has 0 N–H and O–H groups in total. The van der Waals surface area contributed by atoms with Crippen LogP contribution in [0.25, 0.3) is 0 Å². The third-order valence-electron chi connectivity index (χ3n) is 6.30. The maximum atomic E-state index is 13.4. The van der Waals surface area contributed by atoms with Crippen molar-refractivity contribution in [3.8, 4) is 0 Å². The highest BCUT2D eigenvalue weighted by molar-refractivity contribution is 5.93. The predicted molar refractivity (Wildman–Crippen MR) is 94.1 cm³/mol. The minimum absolute atomic E-state index is 0.0376. The lowest BCUT2D eigenvalue weighted by molar-refractivity contribution is -0.144. The lowest BCUT2D eigenvalue weighted by Gasteiger charge is -2.33. The Morgan fingerprint density at radius 1 is 1.37 bits per heavy atom. The second-order valence-electron chi connectivity index (χ2n) is 7.96. The lowest BCUT2D eigenvalue weighted by Crippen LogP contribution is -2.48. The zero-order valence-electron chi connectivity index (χ0n) is 15.0. The molecule has 5 heterocycles. The standard InChI is InChI=1S/C20H22FN3O3/c21-14-4-8-23(9-5-14)18(25)16-15-3-6-20(27-15)12-24(19(26)17(16)20)11-13-2-1-7-22-10-13/h1-3,6-7,10,14-17H,4-5,8-9,11-12H2/t15-,16?,17?,20-/m1/s1. The number of amides is 2. The molecule has 5 rings (SSSR count). The van der Waals surface area contributed by atoms with Gasteiger partial charge in [0, 0.05) is 32.0 Å². The van der Waals surface area contributed by atoms with Gasteiger partial charge in [-0.3, -0.25) is 14.6 Å². The molecule has 142 valence electrons. The van der Waals surface area contributed by atoms with Gasteiger partial charge in [-0.2, -0.15) is 0 Å². The molecule has 0 aliphatic carbocycles. The van der Waals surface area contributed by atoms with Crippen LogP contribution in [0.15, 0.2) is 36.7 Å². The molecular weight excluding hydrogens is 349 g/mol. The van der Waals surface area contributed by atoms with E-state index in [9.17, 15) is 14.0 Å². The average molecular weight is 371 g/mol. The van der Waals surface area contributed by atoms with Crippen LogP contribution in [0, 0.1) is 11.8 Å². The molecule has 1 aromatic rings. The summed E-state index contributed by atoms with van der Waals surface area (Å²) in [5.41, 5.74) is 0.247. The third-order valence-corrected chi connectivity index (χ3v) is 6.30. The van der Waals surface area contributed by atoms with E-state index >= 15 is 0 Å². The van der Waals surface area contributed by atoms with Gasteiger partial charge in [-0.15, -0.1) is 0 Å². The molecule has 7 heteroatoms. The molecule has 6 nitrogen and oxygen atoms in total. The Morgan fingerprint density at radius 2 is 2.19 bits per heavy atom. The van der Waals surface area contributed by atoms with E-state index in [1.54, 1.807) is 22.2 Å². The normalized spacial score (nSPS) is 35.1. The first-order valence-electron chi connectivity index (χ1n) is 9.55. The molecule has 1 spiro atoms. The SMILES string of the molecule is O=C(C1C2C(=O)N(Cc3cccnc3)C[C@]23C=C[C@H]1O3)N1CCC(F)CC1. The zero-order valence-corrected chi connectivity index (χ0v) is 15.0. The van der Waals surface area contributed by atoms with E-state index < -0.39 is 23.6 Å². The Morgan fingerprint density at radius 3 is 2.93 bits per heavy atom. The molecule has 2 bridgehead atoms. The van der Waals surface area contributed by atoms with E-state index in [2.05, 4.69) is 4.98 Å². The lowest BCUT2D eigenvalue weighted by atomic mass is 9.76. The van der Waals surface area contributed by atoms with Crippen LogP contribution in [0.2, 0.25) is 0 Å². The number of ether oxygens (including phenoxy) is 1. The number of alkyl halides is 1. The van der Waals surface area contributed by atoms with Gasteiger partial charge in [0.05, 0.1) is 24.5 Å². The van der Waals surface area contributed by atoms with Crippen LogP contribution in [0.1, 0.15) is 18.4 Å². The maximum absolute atomic E-state index is 13.4. The van der Waals surface area contributed by atoms with Crippen molar-refractivity contribution in [3.63, 3.8) is 0 Å². The largest absolute Gasteiger partial charge is 0.360 e. The second kappa shape index (κ2) is 6.12. The van der Waals surface area contributed by atoms with E-state index in [1.165, 1.54) is 0 Å². The summed E-state index contributed by atoms with van der Waals surface area (Å²) >= 11 is 0. The van der Waals surface area contributed by atoms with Gasteiger partial charge in [-0.1, -0.05) is 18.2 Å². The van der Waals surface area contributed by atoms with Gasteiger partial charge >= 0.3 is 0 Å². The molecule has 4 atom stereocenters. The minimum Gasteiger partial charge on any atom is -0.360 e. The number of aromatic nitrogens is 1. The summed E-state index contributed by atoms with van der Waals surface area (Å²) in [5, 5.41) is 0. The summed E-state index contributed by atoms with van der Waals surface area (Å²) in [6, 6.07) is 3.78. The van der Waals surface area contributed by atoms with Crippen LogP contribution in [-0.2, 0) is 20.9 Å². The van der Waals surface area contributed by atoms with Crippen molar-refractivity contribution in [1.29, 1.82) is 0 Å². The van der Waals surface area contributed by atoms with Crippen molar-refractivity contribution in [1.82, 2.24) is 14.8 Å². The monoisotopic (exact) mass is 371 g/mol. The van der Waals surface area contributed by atoms with E-state index in [0.29, 0.717) is 39.0 Å². The summed E-state index contributed by atoms with van der Waals surface area (Å²) in [6.45, 7) is 1.75. The highest BCUT2D eigenvalue weighted by atomic mass is 19.1. The quantitative estimate of drug-likeness (QED) is 0.752. The first-order chi connectivity index (χ1) is 13.1. The number of carbonyl (C=O) groups excluding carboxylic acids is 2. The van der Waals surface area contributed by atoms with Gasteiger partial charge in [0.1, 0.15) is 11.8 Å². The van der Waals surface area contributed by atoms with Gasteiger partial charge in [-0.05, 0) is 24.5 Å². The molecule has 1 aromatic heterocycles. The van der Waals surface area contributed by atoms with Crippen molar-refractivity contribution in [2.45, 2.75) is 37.3 Å². The first kappa shape index (κ1) is 16.9. The fourth-order valence-corrected chi connectivity index (χ4v) is 4.99. The maximum Gasteiger partial charge on any atom is 0.230 e. The molecule has 27 heavy (non-hydrogen) atoms. The van der Waals surface area contributed by atoms with Crippen LogP contribution in [0.3, 0.4) is 0 Å². The Hall–Kier alpha value is -2.28. The molecular formula is C20H22FN3O3. The van der Waals surface area contributed by atoms with Crippen molar-refractivity contribution in [2.75, 3.05) is 19.6 Å². The molecule has 3 fully saturated rings. The number of hydrogen-bond donors (Lipinski definition) is 0. The van der Waals surface area contributed by atoms with Gasteiger partial charge in [0.2, 0.25) is 11.8 Å². The highest BCUT2D eigenvalue weighted by Gasteiger charge is 2.67. The van der Waals surface area contributed by atoms with Gasteiger partial charge in [0.25, 0.3) is 0 Å². The summed E-state index contributed by atoms with van der Waals surface area (Å²) in [4.78, 5) is 33.9. The minimum atomic E-state index is -0.834. The van der Waals surface area contributed by atoms with Crippen molar-refractivity contribution >= 4 is 11.8 Å². The molecule has 3 saturated heterocycles. The van der Waals surface area contributed by atoms with Crippen LogP contribution in [0.4, 0.5) is 4.39 Å². The average Bonchev–Trinajstić information content (AvgIpc) is 3.31. The number of fused-ring (bicyclic) bond motifs is 1. The molecule has 2 amide bonds. The number of nitrogens with zero attached hydrogens (tertiary/aromatic N) is 3. The Bertz CT molecular complexity index is 793. The zero-order chi connectivity index (χ0) is 18.6. The molecule has 0 saturated carbocycles. The third kappa shape index (κ3) is 2.59. The number of pyridine rings is 1. The topological polar surface area (TPSA) is 62.7 Å². The number of rotatable bonds is 3. The molecule has 2 unspecified atom stereocenters. The highest BCUT2D eigenvalue weighted by Crippen LogP contribution is 2.52. The molecule has 0 radical (unpaired) electrons. The van der Waals surface area contributed by atoms with Crippen LogP contribution in [0.5, 0.6) is 0 Å². The van der Waals surface area contributed by atoms with Crippen LogP contribution < -0.4 is 0 Å².